The van der Waals surface area contributed by atoms with Gasteiger partial charge in [0, 0.05) is 11.0 Å². The van der Waals surface area contributed by atoms with E-state index in [1.807, 2.05) is 38.1 Å². The number of aliphatic hydroxyl groups excluding tert-OH is 1. The Hall–Kier alpha value is -1.07. The van der Waals surface area contributed by atoms with Gasteiger partial charge in [0.05, 0.1) is 19.1 Å². The predicted molar refractivity (Wildman–Crippen MR) is 78.1 cm³/mol. The molecule has 0 spiro atoms. The third-order valence-electron chi connectivity index (χ3n) is 2.67. The summed E-state index contributed by atoms with van der Waals surface area (Å²) in [5.74, 6) is 0.748. The molecular weight excluding hydrogens is 310 g/mol. The number of rotatable bonds is 7. The molecule has 1 aromatic carbocycles. The maximum atomic E-state index is 11.5. The number of hydrogen-bond donors (Lipinski definition) is 2. The Morgan fingerprint density at radius 2 is 2.21 bits per heavy atom. The maximum absolute atomic E-state index is 11.5. The molecule has 1 rings (SSSR count). The quantitative estimate of drug-likeness (QED) is 0.807. The zero-order chi connectivity index (χ0) is 14.3. The molecule has 19 heavy (non-hydrogen) atoms. The van der Waals surface area contributed by atoms with Gasteiger partial charge >= 0.3 is 0 Å². The molecule has 0 aliphatic carbocycles. The molecule has 1 unspecified atom stereocenters. The summed E-state index contributed by atoms with van der Waals surface area (Å²) in [7, 11) is 0. The fourth-order valence-electron chi connectivity index (χ4n) is 1.36. The van der Waals surface area contributed by atoms with Crippen LogP contribution < -0.4 is 10.1 Å². The third kappa shape index (κ3) is 6.59. The van der Waals surface area contributed by atoms with Crippen LogP contribution in [0.2, 0.25) is 0 Å². The second kappa shape index (κ2) is 8.17. The second-order valence-electron chi connectivity index (χ2n) is 4.67. The van der Waals surface area contributed by atoms with E-state index in [2.05, 4.69) is 21.2 Å². The van der Waals surface area contributed by atoms with Gasteiger partial charge in [0.15, 0.2) is 0 Å². The van der Waals surface area contributed by atoms with E-state index in [0.29, 0.717) is 6.61 Å². The molecule has 0 radical (unpaired) electrons. The number of benzene rings is 1. The molecule has 0 aliphatic rings. The van der Waals surface area contributed by atoms with Crippen LogP contribution in [0.5, 0.6) is 5.75 Å². The van der Waals surface area contributed by atoms with E-state index >= 15 is 0 Å². The van der Waals surface area contributed by atoms with Gasteiger partial charge in [-0.2, -0.15) is 0 Å². The Labute approximate surface area is 122 Å². The third-order valence-corrected chi connectivity index (χ3v) is 3.17. The van der Waals surface area contributed by atoms with Crippen LogP contribution in [-0.4, -0.2) is 30.3 Å². The number of carbonyl (C=O) groups excluding carboxylic acids is 1. The van der Waals surface area contributed by atoms with Crippen LogP contribution in [0, 0.1) is 5.92 Å². The topological polar surface area (TPSA) is 58.6 Å². The van der Waals surface area contributed by atoms with Crippen LogP contribution in [0.15, 0.2) is 28.7 Å². The number of halogens is 1. The van der Waals surface area contributed by atoms with Gasteiger partial charge in [-0.25, -0.2) is 0 Å². The molecule has 1 atom stereocenters. The van der Waals surface area contributed by atoms with Crippen molar-refractivity contribution in [3.8, 4) is 5.75 Å². The van der Waals surface area contributed by atoms with E-state index < -0.39 is 6.10 Å². The molecule has 5 heteroatoms. The number of amides is 1. The summed E-state index contributed by atoms with van der Waals surface area (Å²) >= 11 is 3.35. The van der Waals surface area contributed by atoms with Crippen LogP contribution in [0.3, 0.4) is 0 Å². The summed E-state index contributed by atoms with van der Waals surface area (Å²) < 4.78 is 6.40. The summed E-state index contributed by atoms with van der Waals surface area (Å²) in [4.78, 5) is 11.5. The highest BCUT2D eigenvalue weighted by atomic mass is 79.9. The first-order valence-corrected chi connectivity index (χ1v) is 7.11. The number of aliphatic hydroxyl groups is 1. The van der Waals surface area contributed by atoms with Gasteiger partial charge in [-0.3, -0.25) is 4.79 Å². The molecule has 1 amide bonds. The van der Waals surface area contributed by atoms with Gasteiger partial charge in [-0.15, -0.1) is 0 Å². The molecule has 0 saturated carbocycles. The average molecular weight is 330 g/mol. The van der Waals surface area contributed by atoms with Gasteiger partial charge in [0.2, 0.25) is 5.91 Å². The van der Waals surface area contributed by atoms with Crippen molar-refractivity contribution >= 4 is 21.8 Å². The summed E-state index contributed by atoms with van der Waals surface area (Å²) in [6, 6.07) is 7.47. The molecule has 2 N–H and O–H groups in total. The Kier molecular flexibility index (Phi) is 6.87. The van der Waals surface area contributed by atoms with Gasteiger partial charge in [-0.05, 0) is 24.1 Å². The molecule has 4 nitrogen and oxygen atoms in total. The molecule has 106 valence electrons. The van der Waals surface area contributed by atoms with Crippen molar-refractivity contribution < 1.29 is 14.6 Å². The first-order chi connectivity index (χ1) is 8.99. The molecule has 0 heterocycles. The summed E-state index contributed by atoms with van der Waals surface area (Å²) in [5.41, 5.74) is 0. The van der Waals surface area contributed by atoms with Crippen LogP contribution in [0.25, 0.3) is 0 Å². The second-order valence-corrected chi connectivity index (χ2v) is 5.59. The number of hydrogen-bond acceptors (Lipinski definition) is 3. The lowest BCUT2D eigenvalue weighted by atomic mass is 10.1. The predicted octanol–water partition coefficient (Wildman–Crippen LogP) is 2.35. The van der Waals surface area contributed by atoms with Crippen molar-refractivity contribution in [2.24, 2.45) is 5.92 Å². The highest BCUT2D eigenvalue weighted by Crippen LogP contribution is 2.17. The van der Waals surface area contributed by atoms with Crippen LogP contribution in [-0.2, 0) is 4.79 Å². The molecule has 0 aliphatic heterocycles. The zero-order valence-corrected chi connectivity index (χ0v) is 12.8. The van der Waals surface area contributed by atoms with Crippen molar-refractivity contribution in [1.29, 1.82) is 0 Å². The van der Waals surface area contributed by atoms with Gasteiger partial charge in [0.1, 0.15) is 5.75 Å². The molecule has 0 saturated heterocycles. The lowest BCUT2D eigenvalue weighted by Gasteiger charge is -2.15. The molecular formula is C14H20BrNO3. The van der Waals surface area contributed by atoms with Gasteiger partial charge in [-0.1, -0.05) is 35.8 Å². The standard InChI is InChI=1S/C14H20BrNO3/c1-10(2)13(17)9-16-14(18)6-7-19-12-5-3-4-11(15)8-12/h3-5,8,10,13,17H,6-7,9H2,1-2H3,(H,16,18). The summed E-state index contributed by atoms with van der Waals surface area (Å²) in [6.07, 6.45) is -0.230. The first-order valence-electron chi connectivity index (χ1n) is 6.32. The van der Waals surface area contributed by atoms with Crippen LogP contribution in [0.4, 0.5) is 0 Å². The van der Waals surface area contributed by atoms with Crippen LogP contribution >= 0.6 is 15.9 Å². The molecule has 1 aromatic rings. The SMILES string of the molecule is CC(C)C(O)CNC(=O)CCOc1cccc(Br)c1. The average Bonchev–Trinajstić information content (AvgIpc) is 2.36. The number of nitrogens with one attached hydrogen (secondary N) is 1. The zero-order valence-electron chi connectivity index (χ0n) is 11.2. The van der Waals surface area contributed by atoms with Crippen LogP contribution in [0.1, 0.15) is 20.3 Å². The number of carbonyl (C=O) groups is 1. The minimum absolute atomic E-state index is 0.116. The summed E-state index contributed by atoms with van der Waals surface area (Å²) in [5, 5.41) is 12.2. The van der Waals surface area contributed by atoms with E-state index in [1.165, 1.54) is 0 Å². The van der Waals surface area contributed by atoms with Crippen molar-refractivity contribution in [1.82, 2.24) is 5.32 Å². The minimum atomic E-state index is -0.505. The first kappa shape index (κ1) is 16.0. The Bertz CT molecular complexity index is 409. The Morgan fingerprint density at radius 3 is 2.84 bits per heavy atom. The lowest BCUT2D eigenvalue weighted by molar-refractivity contribution is -0.122. The van der Waals surface area contributed by atoms with E-state index in [-0.39, 0.29) is 24.8 Å². The maximum Gasteiger partial charge on any atom is 0.223 e. The number of ether oxygens (including phenoxy) is 1. The van der Waals surface area contributed by atoms with Crippen molar-refractivity contribution in [2.45, 2.75) is 26.4 Å². The Balaban J connectivity index is 2.20. The summed E-state index contributed by atoms with van der Waals surface area (Å²) in [6.45, 7) is 4.42. The largest absolute Gasteiger partial charge is 0.493 e. The van der Waals surface area contributed by atoms with Gasteiger partial charge < -0.3 is 15.2 Å². The van der Waals surface area contributed by atoms with E-state index in [4.69, 9.17) is 4.74 Å². The van der Waals surface area contributed by atoms with Crippen molar-refractivity contribution in [3.63, 3.8) is 0 Å². The fourth-order valence-corrected chi connectivity index (χ4v) is 1.74. The Morgan fingerprint density at radius 1 is 1.47 bits per heavy atom. The monoisotopic (exact) mass is 329 g/mol. The van der Waals surface area contributed by atoms with Crippen molar-refractivity contribution in [2.75, 3.05) is 13.2 Å². The van der Waals surface area contributed by atoms with Crippen molar-refractivity contribution in [3.05, 3.63) is 28.7 Å². The molecule has 0 fully saturated rings. The van der Waals surface area contributed by atoms with E-state index in [0.717, 1.165) is 10.2 Å². The molecule has 0 aromatic heterocycles. The minimum Gasteiger partial charge on any atom is -0.493 e. The smallest absolute Gasteiger partial charge is 0.223 e. The lowest BCUT2D eigenvalue weighted by Crippen LogP contribution is -2.35. The van der Waals surface area contributed by atoms with E-state index in [1.54, 1.807) is 0 Å². The van der Waals surface area contributed by atoms with Gasteiger partial charge in [0.25, 0.3) is 0 Å². The fraction of sp³-hybridized carbons (Fsp3) is 0.500. The van der Waals surface area contributed by atoms with E-state index in [9.17, 15) is 9.90 Å². The highest BCUT2D eigenvalue weighted by Gasteiger charge is 2.10. The molecule has 0 bridgehead atoms. The normalized spacial score (nSPS) is 12.3. The highest BCUT2D eigenvalue weighted by molar-refractivity contribution is 9.10.